The first-order chi connectivity index (χ1) is 10.1. The fourth-order valence-corrected chi connectivity index (χ4v) is 4.19. The van der Waals surface area contributed by atoms with Crippen molar-refractivity contribution in [3.05, 3.63) is 33.9 Å². The minimum atomic E-state index is -0.428. The van der Waals surface area contributed by atoms with Crippen LogP contribution in [0.1, 0.15) is 31.2 Å². The molecule has 0 heterocycles. The van der Waals surface area contributed by atoms with E-state index in [1.807, 2.05) is 6.07 Å². The molecule has 0 N–H and O–H groups in total. The third-order valence-corrected chi connectivity index (χ3v) is 5.16. The first-order valence-electron chi connectivity index (χ1n) is 7.30. The van der Waals surface area contributed by atoms with Gasteiger partial charge >= 0.3 is 5.69 Å². The average molecular weight is 286 g/mol. The van der Waals surface area contributed by atoms with Crippen LogP contribution in [0.5, 0.6) is 5.75 Å². The van der Waals surface area contributed by atoms with E-state index in [-0.39, 0.29) is 16.9 Å². The van der Waals surface area contributed by atoms with Gasteiger partial charge in [-0.05, 0) is 49.1 Å². The van der Waals surface area contributed by atoms with Crippen LogP contribution < -0.4 is 4.74 Å². The molecule has 5 heteroatoms. The van der Waals surface area contributed by atoms with Gasteiger partial charge in [-0.25, -0.2) is 0 Å². The first-order valence-corrected chi connectivity index (χ1v) is 7.30. The van der Waals surface area contributed by atoms with Gasteiger partial charge in [0.1, 0.15) is 0 Å². The van der Waals surface area contributed by atoms with Crippen molar-refractivity contribution in [3.63, 3.8) is 0 Å². The number of hydrogen-bond donors (Lipinski definition) is 0. The second-order valence-electron chi connectivity index (χ2n) is 6.29. The normalized spacial score (nSPS) is 30.1. The molecule has 0 aliphatic heterocycles. The molecule has 3 atom stereocenters. The van der Waals surface area contributed by atoms with E-state index in [1.54, 1.807) is 12.1 Å². The number of nitro groups is 1. The number of rotatable bonds is 4. The Morgan fingerprint density at radius 3 is 2.86 bits per heavy atom. The van der Waals surface area contributed by atoms with Crippen molar-refractivity contribution in [2.24, 2.45) is 17.3 Å². The summed E-state index contributed by atoms with van der Waals surface area (Å²) in [5.74, 6) is 1.39. The summed E-state index contributed by atoms with van der Waals surface area (Å²) in [5, 5.41) is 20.8. The van der Waals surface area contributed by atoms with E-state index in [2.05, 4.69) is 6.07 Å². The molecule has 2 fully saturated rings. The van der Waals surface area contributed by atoms with Gasteiger partial charge in [-0.1, -0.05) is 12.5 Å². The molecule has 5 nitrogen and oxygen atoms in total. The SMILES string of the molecule is COc1ccc(CC2(C#N)CC3CCC2C3)cc1[N+](=O)[O-]. The van der Waals surface area contributed by atoms with Gasteiger partial charge in [0.2, 0.25) is 0 Å². The monoisotopic (exact) mass is 286 g/mol. The van der Waals surface area contributed by atoms with Crippen LogP contribution in [0.25, 0.3) is 0 Å². The molecule has 2 aliphatic rings. The fraction of sp³-hybridized carbons (Fsp3) is 0.562. The summed E-state index contributed by atoms with van der Waals surface area (Å²) < 4.78 is 5.03. The van der Waals surface area contributed by atoms with Crippen LogP contribution in [0.4, 0.5) is 5.69 Å². The molecule has 3 unspecified atom stereocenters. The molecule has 2 aliphatic carbocycles. The number of benzene rings is 1. The molecule has 0 aromatic heterocycles. The van der Waals surface area contributed by atoms with Crippen molar-refractivity contribution in [3.8, 4) is 11.8 Å². The number of nitriles is 1. The summed E-state index contributed by atoms with van der Waals surface area (Å²) in [6.45, 7) is 0. The molecule has 2 bridgehead atoms. The molecule has 110 valence electrons. The van der Waals surface area contributed by atoms with Gasteiger partial charge in [-0.2, -0.15) is 5.26 Å². The second kappa shape index (κ2) is 5.03. The zero-order valence-corrected chi connectivity index (χ0v) is 12.0. The molecule has 21 heavy (non-hydrogen) atoms. The maximum atomic E-state index is 11.1. The number of nitro benzene ring substituents is 1. The van der Waals surface area contributed by atoms with Crippen molar-refractivity contribution in [2.75, 3.05) is 7.11 Å². The van der Waals surface area contributed by atoms with Crippen LogP contribution in [-0.2, 0) is 6.42 Å². The smallest absolute Gasteiger partial charge is 0.311 e. The van der Waals surface area contributed by atoms with Crippen LogP contribution in [-0.4, -0.2) is 12.0 Å². The van der Waals surface area contributed by atoms with Crippen LogP contribution in [0.3, 0.4) is 0 Å². The lowest BCUT2D eigenvalue weighted by Gasteiger charge is -2.31. The zero-order valence-electron chi connectivity index (χ0n) is 12.0. The van der Waals surface area contributed by atoms with Crippen molar-refractivity contribution in [1.82, 2.24) is 0 Å². The fourth-order valence-electron chi connectivity index (χ4n) is 4.19. The first kappa shape index (κ1) is 13.9. The van der Waals surface area contributed by atoms with Crippen molar-refractivity contribution in [2.45, 2.75) is 32.1 Å². The Balaban J connectivity index is 1.90. The highest BCUT2D eigenvalue weighted by Crippen LogP contribution is 2.57. The van der Waals surface area contributed by atoms with E-state index in [4.69, 9.17) is 4.74 Å². The van der Waals surface area contributed by atoms with Gasteiger partial charge in [0, 0.05) is 6.07 Å². The summed E-state index contributed by atoms with van der Waals surface area (Å²) in [5.41, 5.74) is 0.508. The lowest BCUT2D eigenvalue weighted by atomic mass is 9.70. The summed E-state index contributed by atoms with van der Waals surface area (Å²) in [4.78, 5) is 10.7. The quantitative estimate of drug-likeness (QED) is 0.627. The van der Waals surface area contributed by atoms with Gasteiger partial charge in [0.25, 0.3) is 0 Å². The van der Waals surface area contributed by atoms with E-state index in [1.165, 1.54) is 13.5 Å². The number of ether oxygens (including phenoxy) is 1. The molecule has 3 rings (SSSR count). The molecular formula is C16H18N2O3. The topological polar surface area (TPSA) is 76.2 Å². The molecule has 0 spiro atoms. The highest BCUT2D eigenvalue weighted by Gasteiger charge is 2.51. The van der Waals surface area contributed by atoms with Gasteiger partial charge in [0.05, 0.1) is 23.5 Å². The molecule has 0 amide bonds. The van der Waals surface area contributed by atoms with Crippen molar-refractivity contribution in [1.29, 1.82) is 5.26 Å². The summed E-state index contributed by atoms with van der Waals surface area (Å²) in [6.07, 6.45) is 5.04. The lowest BCUT2D eigenvalue weighted by molar-refractivity contribution is -0.385. The molecular weight excluding hydrogens is 268 g/mol. The summed E-state index contributed by atoms with van der Waals surface area (Å²) >= 11 is 0. The van der Waals surface area contributed by atoms with Crippen molar-refractivity contribution >= 4 is 5.69 Å². The van der Waals surface area contributed by atoms with E-state index >= 15 is 0 Å². The van der Waals surface area contributed by atoms with Crippen molar-refractivity contribution < 1.29 is 9.66 Å². The number of nitrogens with zero attached hydrogens (tertiary/aromatic N) is 2. The Morgan fingerprint density at radius 1 is 1.52 bits per heavy atom. The van der Waals surface area contributed by atoms with Crippen LogP contribution in [0.2, 0.25) is 0 Å². The van der Waals surface area contributed by atoms with Crippen LogP contribution in [0.15, 0.2) is 18.2 Å². The van der Waals surface area contributed by atoms with Gasteiger partial charge in [0.15, 0.2) is 5.75 Å². The number of hydrogen-bond acceptors (Lipinski definition) is 4. The summed E-state index contributed by atoms with van der Waals surface area (Å²) in [7, 11) is 1.43. The molecule has 0 saturated heterocycles. The standard InChI is InChI=1S/C16H18N2O3/c1-21-15-5-3-12(7-14(15)18(19)20)9-16(10-17)8-11-2-4-13(16)6-11/h3,5,7,11,13H,2,4,6,8-9H2,1H3. The predicted octanol–water partition coefficient (Wildman–Crippen LogP) is 3.48. The predicted molar refractivity (Wildman–Crippen MR) is 76.8 cm³/mol. The lowest BCUT2D eigenvalue weighted by Crippen LogP contribution is -2.28. The third-order valence-electron chi connectivity index (χ3n) is 5.16. The highest BCUT2D eigenvalue weighted by atomic mass is 16.6. The van der Waals surface area contributed by atoms with E-state index in [0.29, 0.717) is 18.3 Å². The highest BCUT2D eigenvalue weighted by molar-refractivity contribution is 5.49. The molecule has 2 saturated carbocycles. The molecule has 1 aromatic carbocycles. The van der Waals surface area contributed by atoms with E-state index in [0.717, 1.165) is 24.8 Å². The Labute approximate surface area is 123 Å². The Morgan fingerprint density at radius 2 is 2.33 bits per heavy atom. The van der Waals surface area contributed by atoms with Crippen LogP contribution >= 0.6 is 0 Å². The minimum Gasteiger partial charge on any atom is -0.490 e. The van der Waals surface area contributed by atoms with Gasteiger partial charge in [-0.15, -0.1) is 0 Å². The Hall–Kier alpha value is -2.09. The van der Waals surface area contributed by atoms with Crippen LogP contribution in [0, 0.1) is 38.7 Å². The molecule has 1 aromatic rings. The second-order valence-corrected chi connectivity index (χ2v) is 6.29. The molecule has 0 radical (unpaired) electrons. The third kappa shape index (κ3) is 2.25. The largest absolute Gasteiger partial charge is 0.490 e. The Kier molecular flexibility index (Phi) is 3.32. The average Bonchev–Trinajstić information content (AvgIpc) is 3.08. The van der Waals surface area contributed by atoms with E-state index in [9.17, 15) is 15.4 Å². The minimum absolute atomic E-state index is 0.0220. The number of fused-ring (bicyclic) bond motifs is 2. The maximum Gasteiger partial charge on any atom is 0.311 e. The van der Waals surface area contributed by atoms with Gasteiger partial charge in [-0.3, -0.25) is 10.1 Å². The van der Waals surface area contributed by atoms with E-state index < -0.39 is 4.92 Å². The Bertz CT molecular complexity index is 622. The zero-order chi connectivity index (χ0) is 15.0. The maximum absolute atomic E-state index is 11.1. The van der Waals surface area contributed by atoms with Gasteiger partial charge < -0.3 is 4.74 Å². The summed E-state index contributed by atoms with van der Waals surface area (Å²) in [6, 6.07) is 7.57. The number of methoxy groups -OCH3 is 1.